The summed E-state index contributed by atoms with van der Waals surface area (Å²) in [6.07, 6.45) is -0.255. The number of nitrogen functional groups attached to an aromatic ring is 1. The van der Waals surface area contributed by atoms with E-state index in [0.29, 0.717) is 22.9 Å². The number of aliphatic carboxylic acids is 1. The summed E-state index contributed by atoms with van der Waals surface area (Å²) in [7, 11) is 0. The Morgan fingerprint density at radius 3 is 2.26 bits per heavy atom. The molecule has 1 saturated carbocycles. The lowest BCUT2D eigenvalue weighted by atomic mass is 9.73. The molecule has 12 heteroatoms. The van der Waals surface area contributed by atoms with Crippen molar-refractivity contribution in [3.8, 4) is 28.3 Å². The molecule has 43 heavy (non-hydrogen) atoms. The molecular weight excluding hydrogens is 561 g/mol. The second kappa shape index (κ2) is 11.3. The molecule has 1 fully saturated rings. The van der Waals surface area contributed by atoms with E-state index in [0.717, 1.165) is 52.9 Å². The Morgan fingerprint density at radius 2 is 1.67 bits per heavy atom. The van der Waals surface area contributed by atoms with Crippen LogP contribution in [-0.4, -0.2) is 42.6 Å². The number of hydrogen-bond acceptors (Lipinski definition) is 7. The number of rotatable bonds is 5. The predicted octanol–water partition coefficient (Wildman–Crippen LogP) is 5.91. The van der Waals surface area contributed by atoms with Crippen molar-refractivity contribution in [3.63, 3.8) is 0 Å². The number of anilines is 1. The number of fused-ring (bicyclic) bond motifs is 1. The van der Waals surface area contributed by atoms with E-state index in [4.69, 9.17) is 31.3 Å². The average Bonchev–Trinajstić information content (AvgIpc) is 3.34. The number of carbonyl (C=O) groups excluding carboxylic acids is 1. The molecule has 5 aromatic rings. The molecular formula is C31H27F3N6O3. The van der Waals surface area contributed by atoms with Crippen LogP contribution in [0.4, 0.5) is 19.0 Å². The fourth-order valence-electron chi connectivity index (χ4n) is 4.84. The van der Waals surface area contributed by atoms with Gasteiger partial charge in [0.2, 0.25) is 0 Å². The van der Waals surface area contributed by atoms with Crippen molar-refractivity contribution in [3.05, 3.63) is 90.1 Å². The van der Waals surface area contributed by atoms with Crippen molar-refractivity contribution in [1.29, 1.82) is 0 Å². The maximum Gasteiger partial charge on any atom is 0.490 e. The van der Waals surface area contributed by atoms with Gasteiger partial charge in [0, 0.05) is 28.6 Å². The molecule has 5 N–H and O–H groups in total. The number of carboxylic acids is 1. The molecule has 0 radical (unpaired) electrons. The Morgan fingerprint density at radius 1 is 0.977 bits per heavy atom. The molecule has 9 nitrogen and oxygen atoms in total. The van der Waals surface area contributed by atoms with Crippen molar-refractivity contribution < 1.29 is 27.9 Å². The molecule has 0 aliphatic heterocycles. The summed E-state index contributed by atoms with van der Waals surface area (Å²) < 4.78 is 33.7. The SMILES string of the molecule is CC(=O)c1cccc(-c2ccc3nc(-c4cccnc4N)n(-c4ccc(C5(N)CCC5)cc4)c3n2)c1.O=C(O)C(F)(F)F. The normalized spacial score (nSPS) is 14.0. The van der Waals surface area contributed by atoms with Crippen LogP contribution in [0, 0.1) is 0 Å². The third kappa shape index (κ3) is 5.95. The van der Waals surface area contributed by atoms with E-state index in [9.17, 15) is 18.0 Å². The highest BCUT2D eigenvalue weighted by molar-refractivity contribution is 5.95. The van der Waals surface area contributed by atoms with Crippen LogP contribution in [0.15, 0.2) is 79.0 Å². The number of alkyl halides is 3. The Labute approximate surface area is 244 Å². The van der Waals surface area contributed by atoms with E-state index in [1.807, 2.05) is 53.1 Å². The van der Waals surface area contributed by atoms with Crippen LogP contribution in [-0.2, 0) is 10.3 Å². The molecule has 0 unspecified atom stereocenters. The van der Waals surface area contributed by atoms with Crippen LogP contribution in [0.5, 0.6) is 0 Å². The van der Waals surface area contributed by atoms with Crippen molar-refractivity contribution in [2.24, 2.45) is 5.73 Å². The van der Waals surface area contributed by atoms with Gasteiger partial charge in [0.05, 0.1) is 11.3 Å². The van der Waals surface area contributed by atoms with Crippen molar-refractivity contribution in [2.75, 3.05) is 5.73 Å². The van der Waals surface area contributed by atoms with Gasteiger partial charge in [0.25, 0.3) is 0 Å². The largest absolute Gasteiger partial charge is 0.490 e. The molecule has 6 rings (SSSR count). The number of imidazole rings is 1. The summed E-state index contributed by atoms with van der Waals surface area (Å²) in [4.78, 5) is 35.0. The average molecular weight is 589 g/mol. The summed E-state index contributed by atoms with van der Waals surface area (Å²) in [5.74, 6) is -1.68. The summed E-state index contributed by atoms with van der Waals surface area (Å²) >= 11 is 0. The molecule has 0 saturated heterocycles. The van der Waals surface area contributed by atoms with Crippen molar-refractivity contribution in [1.82, 2.24) is 19.5 Å². The van der Waals surface area contributed by atoms with Gasteiger partial charge in [-0.3, -0.25) is 9.36 Å². The van der Waals surface area contributed by atoms with E-state index >= 15 is 0 Å². The monoisotopic (exact) mass is 588 g/mol. The van der Waals surface area contributed by atoms with E-state index in [2.05, 4.69) is 29.2 Å². The molecule has 1 aliphatic carbocycles. The highest BCUT2D eigenvalue weighted by Gasteiger charge is 2.38. The van der Waals surface area contributed by atoms with Gasteiger partial charge in [-0.1, -0.05) is 30.3 Å². The number of halogens is 3. The summed E-state index contributed by atoms with van der Waals surface area (Å²) in [5, 5.41) is 7.12. The van der Waals surface area contributed by atoms with Crippen LogP contribution in [0.2, 0.25) is 0 Å². The molecule has 2 aromatic carbocycles. The number of benzene rings is 2. The van der Waals surface area contributed by atoms with E-state index in [-0.39, 0.29) is 11.3 Å². The first kappa shape index (κ1) is 29.4. The van der Waals surface area contributed by atoms with E-state index in [1.165, 1.54) is 0 Å². The van der Waals surface area contributed by atoms with Crippen molar-refractivity contribution in [2.45, 2.75) is 37.9 Å². The topological polar surface area (TPSA) is 150 Å². The van der Waals surface area contributed by atoms with Crippen LogP contribution < -0.4 is 11.5 Å². The lowest BCUT2D eigenvalue weighted by molar-refractivity contribution is -0.192. The molecule has 1 aliphatic rings. The van der Waals surface area contributed by atoms with Gasteiger partial charge >= 0.3 is 12.1 Å². The number of carboxylic acid groups (broad SMARTS) is 1. The highest BCUT2D eigenvalue weighted by atomic mass is 19.4. The minimum absolute atomic E-state index is 0.0153. The van der Waals surface area contributed by atoms with Crippen LogP contribution in [0.25, 0.3) is 39.5 Å². The van der Waals surface area contributed by atoms with Gasteiger partial charge in [-0.25, -0.2) is 19.7 Å². The molecule has 220 valence electrons. The van der Waals surface area contributed by atoms with E-state index in [1.54, 1.807) is 13.1 Å². The third-order valence-electron chi connectivity index (χ3n) is 7.34. The highest BCUT2D eigenvalue weighted by Crippen LogP contribution is 2.39. The van der Waals surface area contributed by atoms with Gasteiger partial charge in [-0.2, -0.15) is 13.2 Å². The number of nitrogens with two attached hydrogens (primary N) is 2. The molecule has 0 atom stereocenters. The summed E-state index contributed by atoms with van der Waals surface area (Å²) in [5.41, 5.74) is 19.1. The van der Waals surface area contributed by atoms with Gasteiger partial charge in [0.15, 0.2) is 17.3 Å². The Hall–Kier alpha value is -5.10. The standard InChI is InChI=1S/C29H26N6O.C2HF3O2/c1-18(36)19-5-2-6-20(17-19)24-12-13-25-28(33-24)35(27(34-25)23-7-3-16-32-26(23)30)22-10-8-21(9-11-22)29(31)14-4-15-29;3-2(4,5)1(6)7/h2-3,5-13,16-17H,4,14-15,31H2,1H3,(H2,30,32);(H,6,7). The van der Waals surface area contributed by atoms with Gasteiger partial charge < -0.3 is 16.6 Å². The van der Waals surface area contributed by atoms with Crippen LogP contribution in [0.3, 0.4) is 0 Å². The molecule has 3 heterocycles. The lowest BCUT2D eigenvalue weighted by Gasteiger charge is -2.38. The summed E-state index contributed by atoms with van der Waals surface area (Å²) in [6, 6.07) is 23.4. The second-order valence-electron chi connectivity index (χ2n) is 10.2. The number of Topliss-reactive ketones (excluding diaryl/α,β-unsaturated/α-hetero) is 1. The number of ketones is 1. The van der Waals surface area contributed by atoms with Gasteiger partial charge in [-0.05, 0) is 74.2 Å². The van der Waals surface area contributed by atoms with Gasteiger partial charge in [0.1, 0.15) is 11.3 Å². The quantitative estimate of drug-likeness (QED) is 0.215. The summed E-state index contributed by atoms with van der Waals surface area (Å²) in [6.45, 7) is 1.56. The minimum atomic E-state index is -5.08. The first-order chi connectivity index (χ1) is 20.4. The van der Waals surface area contributed by atoms with E-state index < -0.39 is 12.1 Å². The fraction of sp³-hybridized carbons (Fsp3) is 0.194. The Bertz CT molecular complexity index is 1830. The predicted molar refractivity (Wildman–Crippen MR) is 155 cm³/mol. The minimum Gasteiger partial charge on any atom is -0.475 e. The molecule has 0 spiro atoms. The number of carbonyl (C=O) groups is 2. The van der Waals surface area contributed by atoms with Crippen LogP contribution in [0.1, 0.15) is 42.1 Å². The maximum atomic E-state index is 11.9. The molecule has 3 aromatic heterocycles. The number of aromatic nitrogens is 4. The zero-order valence-electron chi connectivity index (χ0n) is 23.0. The third-order valence-corrected chi connectivity index (χ3v) is 7.34. The Balaban J connectivity index is 0.000000472. The maximum absolute atomic E-state index is 11.9. The zero-order valence-corrected chi connectivity index (χ0v) is 23.0. The Kier molecular flexibility index (Phi) is 7.72. The molecule has 0 amide bonds. The number of hydrogen-bond donors (Lipinski definition) is 3. The van der Waals surface area contributed by atoms with Crippen LogP contribution >= 0.6 is 0 Å². The smallest absolute Gasteiger partial charge is 0.475 e. The van der Waals surface area contributed by atoms with Crippen molar-refractivity contribution >= 4 is 28.7 Å². The zero-order chi connectivity index (χ0) is 30.9. The molecule has 0 bridgehead atoms. The first-order valence-corrected chi connectivity index (χ1v) is 13.3. The van der Waals surface area contributed by atoms with Gasteiger partial charge in [-0.15, -0.1) is 0 Å². The number of nitrogens with zero attached hydrogens (tertiary/aromatic N) is 4. The first-order valence-electron chi connectivity index (χ1n) is 13.3. The lowest BCUT2D eigenvalue weighted by Crippen LogP contribution is -2.43. The number of pyridine rings is 2. The second-order valence-corrected chi connectivity index (χ2v) is 10.2. The fourth-order valence-corrected chi connectivity index (χ4v) is 4.84.